The van der Waals surface area contributed by atoms with Crippen molar-refractivity contribution in [2.24, 2.45) is 16.8 Å². The Bertz CT molecular complexity index is 631. The first-order valence-corrected chi connectivity index (χ1v) is 9.92. The Hall–Kier alpha value is -2.11. The molecule has 1 saturated carbocycles. The van der Waals surface area contributed by atoms with Gasteiger partial charge in [0.1, 0.15) is 5.82 Å². The van der Waals surface area contributed by atoms with Crippen molar-refractivity contribution < 1.29 is 4.79 Å². The Morgan fingerprint density at radius 2 is 2.00 bits per heavy atom. The molecule has 0 spiro atoms. The van der Waals surface area contributed by atoms with Gasteiger partial charge in [0.25, 0.3) is 0 Å². The molecule has 26 heavy (non-hydrogen) atoms. The number of nitrogens with zero attached hydrogens (tertiary/aromatic N) is 3. The van der Waals surface area contributed by atoms with E-state index in [-0.39, 0.29) is 5.91 Å². The number of fused-ring (bicyclic) bond motifs is 1. The van der Waals surface area contributed by atoms with Gasteiger partial charge in [0.05, 0.1) is 6.54 Å². The van der Waals surface area contributed by atoms with Gasteiger partial charge in [0.15, 0.2) is 5.96 Å². The van der Waals surface area contributed by atoms with E-state index in [0.717, 1.165) is 43.1 Å². The van der Waals surface area contributed by atoms with Gasteiger partial charge in [-0.3, -0.25) is 9.79 Å². The third-order valence-electron chi connectivity index (χ3n) is 5.37. The van der Waals surface area contributed by atoms with Gasteiger partial charge in [0, 0.05) is 31.7 Å². The number of aryl methyl sites for hydroxylation is 1. The van der Waals surface area contributed by atoms with Crippen molar-refractivity contribution in [3.05, 3.63) is 23.9 Å². The topological polar surface area (TPSA) is 69.6 Å². The minimum Gasteiger partial charge on any atom is -0.357 e. The number of pyridine rings is 1. The molecule has 2 N–H and O–H groups in total. The third-order valence-corrected chi connectivity index (χ3v) is 5.37. The van der Waals surface area contributed by atoms with E-state index in [2.05, 4.69) is 27.4 Å². The average molecular weight is 358 g/mol. The van der Waals surface area contributed by atoms with Crippen molar-refractivity contribution in [1.82, 2.24) is 15.2 Å². The van der Waals surface area contributed by atoms with E-state index in [1.165, 1.54) is 25.7 Å². The molecule has 1 aromatic heterocycles. The smallest absolute Gasteiger partial charge is 0.227 e. The fraction of sp³-hybridized carbons (Fsp3) is 0.650. The molecular weight excluding hydrogens is 326 g/mol. The molecule has 2 heterocycles. The highest BCUT2D eigenvalue weighted by atomic mass is 16.1. The van der Waals surface area contributed by atoms with Gasteiger partial charge < -0.3 is 15.5 Å². The van der Waals surface area contributed by atoms with Crippen LogP contribution in [-0.2, 0) is 4.79 Å². The minimum absolute atomic E-state index is 0.0437. The predicted octanol–water partition coefficient (Wildman–Crippen LogP) is 2.81. The summed E-state index contributed by atoms with van der Waals surface area (Å²) in [7, 11) is 0. The standard InChI is InChI=1S/C20H31N5O/c1-3-21-20(25-13-16-8-4-5-9-17(16)14-25)22-12-11-19(26)24-18-10-6-7-15(2)23-18/h6-7,10,16-17H,3-5,8-9,11-14H2,1-2H3,(H,21,22)(H,23,24,26). The average Bonchev–Trinajstić information content (AvgIpc) is 3.05. The van der Waals surface area contributed by atoms with Crippen LogP contribution in [0.3, 0.4) is 0 Å². The Balaban J connectivity index is 1.51. The number of nitrogens with one attached hydrogen (secondary N) is 2. The van der Waals surface area contributed by atoms with Gasteiger partial charge in [0.2, 0.25) is 5.91 Å². The molecule has 2 atom stereocenters. The van der Waals surface area contributed by atoms with E-state index in [4.69, 9.17) is 4.99 Å². The third kappa shape index (κ3) is 4.96. The lowest BCUT2D eigenvalue weighted by atomic mass is 9.82. The van der Waals surface area contributed by atoms with Crippen molar-refractivity contribution in [3.8, 4) is 0 Å². The highest BCUT2D eigenvalue weighted by molar-refractivity contribution is 5.90. The van der Waals surface area contributed by atoms with Gasteiger partial charge in [-0.05, 0) is 50.7 Å². The van der Waals surface area contributed by atoms with Gasteiger partial charge in [-0.2, -0.15) is 0 Å². The van der Waals surface area contributed by atoms with Crippen LogP contribution in [0.2, 0.25) is 0 Å². The first-order valence-electron chi connectivity index (χ1n) is 9.92. The largest absolute Gasteiger partial charge is 0.357 e. The van der Waals surface area contributed by atoms with Gasteiger partial charge in [-0.1, -0.05) is 18.9 Å². The quantitative estimate of drug-likeness (QED) is 0.628. The summed E-state index contributed by atoms with van der Waals surface area (Å²) in [4.78, 5) is 23.5. The van der Waals surface area contributed by atoms with E-state index in [1.54, 1.807) is 0 Å². The Morgan fingerprint density at radius 3 is 2.65 bits per heavy atom. The van der Waals surface area contributed by atoms with Crippen LogP contribution in [0.4, 0.5) is 5.82 Å². The predicted molar refractivity (Wildman–Crippen MR) is 105 cm³/mol. The number of anilines is 1. The zero-order chi connectivity index (χ0) is 18.4. The molecular formula is C20H31N5O. The SMILES string of the molecule is CCNC(=NCCC(=O)Nc1cccc(C)n1)N1CC2CCCCC2C1. The Labute approximate surface area is 156 Å². The molecule has 1 aliphatic heterocycles. The van der Waals surface area contributed by atoms with Gasteiger partial charge >= 0.3 is 0 Å². The molecule has 3 rings (SSSR count). The van der Waals surface area contributed by atoms with E-state index in [1.807, 2.05) is 25.1 Å². The number of hydrogen-bond donors (Lipinski definition) is 2. The van der Waals surface area contributed by atoms with Crippen LogP contribution in [0.25, 0.3) is 0 Å². The molecule has 6 nitrogen and oxygen atoms in total. The zero-order valence-corrected chi connectivity index (χ0v) is 16.0. The lowest BCUT2D eigenvalue weighted by Gasteiger charge is -2.22. The molecule has 2 unspecified atom stereocenters. The fourth-order valence-corrected chi connectivity index (χ4v) is 4.09. The number of aliphatic imine (C=N–C) groups is 1. The summed E-state index contributed by atoms with van der Waals surface area (Å²) in [6, 6.07) is 5.62. The Kier molecular flexibility index (Phi) is 6.47. The number of rotatable bonds is 5. The molecule has 142 valence electrons. The van der Waals surface area contributed by atoms with Crippen LogP contribution in [0.15, 0.2) is 23.2 Å². The molecule has 1 aliphatic carbocycles. The molecule has 1 amide bonds. The van der Waals surface area contributed by atoms with Crippen LogP contribution >= 0.6 is 0 Å². The summed E-state index contributed by atoms with van der Waals surface area (Å²) in [5.41, 5.74) is 0.894. The number of aromatic nitrogens is 1. The maximum atomic E-state index is 12.1. The number of guanidine groups is 1. The molecule has 1 aromatic rings. The lowest BCUT2D eigenvalue weighted by Crippen LogP contribution is -2.40. The van der Waals surface area contributed by atoms with Crippen molar-refractivity contribution in [1.29, 1.82) is 0 Å². The van der Waals surface area contributed by atoms with Crippen molar-refractivity contribution in [2.75, 3.05) is 31.5 Å². The number of amides is 1. The van der Waals surface area contributed by atoms with Crippen molar-refractivity contribution >= 4 is 17.7 Å². The second kappa shape index (κ2) is 9.01. The highest BCUT2D eigenvalue weighted by Crippen LogP contribution is 2.35. The Morgan fingerprint density at radius 1 is 1.27 bits per heavy atom. The summed E-state index contributed by atoms with van der Waals surface area (Å²) in [6.45, 7) is 7.56. The molecule has 0 radical (unpaired) electrons. The minimum atomic E-state index is -0.0437. The number of carbonyl (C=O) groups is 1. The summed E-state index contributed by atoms with van der Waals surface area (Å²) in [5, 5.41) is 6.24. The summed E-state index contributed by atoms with van der Waals surface area (Å²) < 4.78 is 0. The van der Waals surface area contributed by atoms with E-state index >= 15 is 0 Å². The summed E-state index contributed by atoms with van der Waals surface area (Å²) in [5.74, 6) is 3.17. The maximum absolute atomic E-state index is 12.1. The van der Waals surface area contributed by atoms with Crippen LogP contribution in [0.1, 0.15) is 44.7 Å². The maximum Gasteiger partial charge on any atom is 0.227 e. The molecule has 0 bridgehead atoms. The van der Waals surface area contributed by atoms with Gasteiger partial charge in [-0.25, -0.2) is 4.98 Å². The molecule has 0 aromatic carbocycles. The highest BCUT2D eigenvalue weighted by Gasteiger charge is 2.35. The molecule has 6 heteroatoms. The second-order valence-electron chi connectivity index (χ2n) is 7.41. The number of carbonyl (C=O) groups excluding carboxylic acids is 1. The lowest BCUT2D eigenvalue weighted by molar-refractivity contribution is -0.116. The first-order chi connectivity index (χ1) is 12.7. The number of likely N-dealkylation sites (tertiary alicyclic amines) is 1. The van der Waals surface area contributed by atoms with Crippen LogP contribution in [0.5, 0.6) is 0 Å². The summed E-state index contributed by atoms with van der Waals surface area (Å²) in [6.07, 6.45) is 5.82. The first kappa shape index (κ1) is 18.7. The summed E-state index contributed by atoms with van der Waals surface area (Å²) >= 11 is 0. The molecule has 2 aliphatic rings. The van der Waals surface area contributed by atoms with Crippen LogP contribution < -0.4 is 10.6 Å². The normalized spacial score (nSPS) is 22.8. The number of hydrogen-bond acceptors (Lipinski definition) is 3. The van der Waals surface area contributed by atoms with Crippen molar-refractivity contribution in [2.45, 2.75) is 46.0 Å². The fourth-order valence-electron chi connectivity index (χ4n) is 4.09. The second-order valence-corrected chi connectivity index (χ2v) is 7.41. The van der Waals surface area contributed by atoms with Crippen LogP contribution in [0, 0.1) is 18.8 Å². The van der Waals surface area contributed by atoms with E-state index < -0.39 is 0 Å². The van der Waals surface area contributed by atoms with Crippen LogP contribution in [-0.4, -0.2) is 47.9 Å². The van der Waals surface area contributed by atoms with Gasteiger partial charge in [-0.15, -0.1) is 0 Å². The molecule has 2 fully saturated rings. The zero-order valence-electron chi connectivity index (χ0n) is 16.0. The molecule has 1 saturated heterocycles. The van der Waals surface area contributed by atoms with E-state index in [9.17, 15) is 4.79 Å². The van der Waals surface area contributed by atoms with E-state index in [0.29, 0.717) is 18.8 Å². The van der Waals surface area contributed by atoms with Crippen molar-refractivity contribution in [3.63, 3.8) is 0 Å². The monoisotopic (exact) mass is 357 g/mol.